The highest BCUT2D eigenvalue weighted by molar-refractivity contribution is 7.10. The molecule has 0 atom stereocenters. The number of nitrogens with one attached hydrogen (secondary N) is 2. The molecule has 27 heavy (non-hydrogen) atoms. The first-order chi connectivity index (χ1) is 13.2. The second-order valence-electron chi connectivity index (χ2n) is 7.44. The number of carbonyl (C=O) groups excluding carboxylic acids is 1. The number of fused-ring (bicyclic) bond motifs is 1. The monoisotopic (exact) mass is 391 g/mol. The first-order valence-electron chi connectivity index (χ1n) is 10.2. The molecule has 150 valence electrons. The molecule has 0 spiro atoms. The molecule has 1 amide bonds. The summed E-state index contributed by atoms with van der Waals surface area (Å²) in [5.74, 6) is 1.69. The highest BCUT2D eigenvalue weighted by Gasteiger charge is 2.23. The molecule has 0 radical (unpaired) electrons. The van der Waals surface area contributed by atoms with Crippen LogP contribution in [0.5, 0.6) is 0 Å². The van der Waals surface area contributed by atoms with Gasteiger partial charge in [-0.15, -0.1) is 11.3 Å². The molecule has 6 nitrogen and oxygen atoms in total. The molecule has 0 aliphatic carbocycles. The van der Waals surface area contributed by atoms with E-state index in [1.165, 1.54) is 12.0 Å². The average Bonchev–Trinajstić information content (AvgIpc) is 3.16. The van der Waals surface area contributed by atoms with Crippen LogP contribution in [0.15, 0.2) is 16.4 Å². The molecule has 2 aliphatic heterocycles. The largest absolute Gasteiger partial charge is 0.359 e. The third-order valence-electron chi connectivity index (χ3n) is 5.57. The van der Waals surface area contributed by atoms with Crippen molar-refractivity contribution in [2.75, 3.05) is 46.3 Å². The predicted molar refractivity (Wildman–Crippen MR) is 112 cm³/mol. The van der Waals surface area contributed by atoms with Crippen molar-refractivity contribution in [1.29, 1.82) is 0 Å². The van der Waals surface area contributed by atoms with Gasteiger partial charge in [-0.3, -0.25) is 14.7 Å². The van der Waals surface area contributed by atoms with Gasteiger partial charge < -0.3 is 15.5 Å². The number of rotatable bonds is 6. The van der Waals surface area contributed by atoms with E-state index < -0.39 is 0 Å². The van der Waals surface area contributed by atoms with E-state index in [4.69, 9.17) is 4.99 Å². The fourth-order valence-corrected chi connectivity index (χ4v) is 4.82. The molecule has 0 bridgehead atoms. The maximum atomic E-state index is 11.6. The normalized spacial score (nSPS) is 19.0. The number of aliphatic imine (C=N–C) groups is 1. The van der Waals surface area contributed by atoms with E-state index in [9.17, 15) is 4.79 Å². The summed E-state index contributed by atoms with van der Waals surface area (Å²) in [6, 6.07) is 2.27. The Morgan fingerprint density at radius 1 is 1.33 bits per heavy atom. The zero-order chi connectivity index (χ0) is 19.1. The lowest BCUT2D eigenvalue weighted by molar-refractivity contribution is -0.121. The fourth-order valence-electron chi connectivity index (χ4n) is 3.93. The lowest BCUT2D eigenvalue weighted by Crippen LogP contribution is -2.46. The van der Waals surface area contributed by atoms with Gasteiger partial charge in [0.15, 0.2) is 5.96 Å². The Morgan fingerprint density at radius 3 is 2.89 bits per heavy atom. The molecule has 3 rings (SSSR count). The van der Waals surface area contributed by atoms with Crippen LogP contribution in [-0.2, 0) is 17.8 Å². The molecule has 0 aromatic carbocycles. The summed E-state index contributed by atoms with van der Waals surface area (Å²) in [6.07, 6.45) is 3.95. The topological polar surface area (TPSA) is 60.0 Å². The number of amides is 1. The summed E-state index contributed by atoms with van der Waals surface area (Å²) >= 11 is 1.89. The minimum absolute atomic E-state index is 0.157. The first kappa shape index (κ1) is 20.1. The van der Waals surface area contributed by atoms with Gasteiger partial charge in [0.1, 0.15) is 0 Å². The van der Waals surface area contributed by atoms with Crippen LogP contribution in [0.1, 0.15) is 36.6 Å². The number of hydrogen-bond acceptors (Lipinski definition) is 4. The summed E-state index contributed by atoms with van der Waals surface area (Å²) in [5.41, 5.74) is 1.50. The van der Waals surface area contributed by atoms with E-state index in [1.54, 1.807) is 11.9 Å². The molecule has 0 unspecified atom stereocenters. The Kier molecular flexibility index (Phi) is 7.52. The van der Waals surface area contributed by atoms with E-state index in [-0.39, 0.29) is 5.91 Å². The van der Waals surface area contributed by atoms with Crippen LogP contribution in [0.4, 0.5) is 0 Å². The van der Waals surface area contributed by atoms with E-state index in [0.717, 1.165) is 64.6 Å². The summed E-state index contributed by atoms with van der Waals surface area (Å²) in [7, 11) is 1.72. The minimum Gasteiger partial charge on any atom is -0.359 e. The van der Waals surface area contributed by atoms with Gasteiger partial charge in [-0.1, -0.05) is 0 Å². The van der Waals surface area contributed by atoms with Crippen molar-refractivity contribution in [3.05, 3.63) is 21.9 Å². The van der Waals surface area contributed by atoms with Crippen molar-refractivity contribution >= 4 is 23.2 Å². The van der Waals surface area contributed by atoms with Gasteiger partial charge in [-0.2, -0.15) is 0 Å². The second-order valence-corrected chi connectivity index (χ2v) is 8.44. The van der Waals surface area contributed by atoms with E-state index in [2.05, 4.69) is 38.8 Å². The smallest absolute Gasteiger partial charge is 0.220 e. The summed E-state index contributed by atoms with van der Waals surface area (Å²) in [4.78, 5) is 22.9. The SMILES string of the molecule is CCNC(=NCCN1CCc2sccc2C1)N1CCC(CC(=O)NC)CC1. The number of guanidine groups is 1. The van der Waals surface area contributed by atoms with Crippen LogP contribution >= 0.6 is 11.3 Å². The molecular weight excluding hydrogens is 358 g/mol. The molecule has 1 aromatic rings. The Hall–Kier alpha value is -1.60. The minimum atomic E-state index is 0.157. The number of nitrogens with zero attached hydrogens (tertiary/aromatic N) is 3. The van der Waals surface area contributed by atoms with Crippen molar-refractivity contribution in [2.45, 2.75) is 39.2 Å². The zero-order valence-corrected chi connectivity index (χ0v) is 17.5. The Morgan fingerprint density at radius 2 is 2.15 bits per heavy atom. The number of hydrogen-bond donors (Lipinski definition) is 2. The highest BCUT2D eigenvalue weighted by Crippen LogP contribution is 2.24. The van der Waals surface area contributed by atoms with Gasteiger partial charge in [0.25, 0.3) is 0 Å². The Bertz CT molecular complexity index is 636. The maximum Gasteiger partial charge on any atom is 0.220 e. The van der Waals surface area contributed by atoms with Crippen molar-refractivity contribution < 1.29 is 4.79 Å². The van der Waals surface area contributed by atoms with Crippen molar-refractivity contribution in [1.82, 2.24) is 20.4 Å². The summed E-state index contributed by atoms with van der Waals surface area (Å²) < 4.78 is 0. The van der Waals surface area contributed by atoms with Crippen LogP contribution in [-0.4, -0.2) is 68.0 Å². The van der Waals surface area contributed by atoms with Gasteiger partial charge >= 0.3 is 0 Å². The third-order valence-corrected chi connectivity index (χ3v) is 6.59. The van der Waals surface area contributed by atoms with Gasteiger partial charge in [-0.05, 0) is 49.1 Å². The molecule has 1 fully saturated rings. The lowest BCUT2D eigenvalue weighted by atomic mass is 9.93. The van der Waals surface area contributed by atoms with Crippen molar-refractivity contribution in [3.8, 4) is 0 Å². The molecule has 1 saturated heterocycles. The molecule has 2 aliphatic rings. The molecule has 2 N–H and O–H groups in total. The Labute approximate surface area is 167 Å². The number of carbonyl (C=O) groups is 1. The third kappa shape index (κ3) is 5.69. The van der Waals surface area contributed by atoms with E-state index in [0.29, 0.717) is 12.3 Å². The average molecular weight is 392 g/mol. The van der Waals surface area contributed by atoms with Gasteiger partial charge in [-0.25, -0.2) is 0 Å². The van der Waals surface area contributed by atoms with E-state index in [1.807, 2.05) is 11.3 Å². The van der Waals surface area contributed by atoms with Crippen LogP contribution in [0, 0.1) is 5.92 Å². The first-order valence-corrected chi connectivity index (χ1v) is 11.1. The number of piperidine rings is 1. The standard InChI is InChI=1S/C20H33N5OS/c1-3-22-20(25-10-4-16(5-11-25)14-19(26)21-2)23-8-12-24-9-6-18-17(15-24)7-13-27-18/h7,13,16H,3-6,8-12,14-15H2,1-2H3,(H,21,26)(H,22,23). The number of thiophene rings is 1. The zero-order valence-electron chi connectivity index (χ0n) is 16.7. The second kappa shape index (κ2) is 10.1. The van der Waals surface area contributed by atoms with Gasteiger partial charge in [0, 0.05) is 57.6 Å². The number of likely N-dealkylation sites (tertiary alicyclic amines) is 1. The maximum absolute atomic E-state index is 11.6. The molecule has 1 aromatic heterocycles. The Balaban J connectivity index is 1.46. The quantitative estimate of drug-likeness (QED) is 0.575. The predicted octanol–water partition coefficient (Wildman–Crippen LogP) is 1.92. The fraction of sp³-hybridized carbons (Fsp3) is 0.700. The van der Waals surface area contributed by atoms with Crippen molar-refractivity contribution in [3.63, 3.8) is 0 Å². The van der Waals surface area contributed by atoms with Crippen LogP contribution < -0.4 is 10.6 Å². The lowest BCUT2D eigenvalue weighted by Gasteiger charge is -2.34. The van der Waals surface area contributed by atoms with Gasteiger partial charge in [0.05, 0.1) is 6.54 Å². The highest BCUT2D eigenvalue weighted by atomic mass is 32.1. The summed E-state index contributed by atoms with van der Waals surface area (Å²) in [6.45, 7) is 9.03. The van der Waals surface area contributed by atoms with E-state index >= 15 is 0 Å². The molecular formula is C20H33N5OS. The van der Waals surface area contributed by atoms with Gasteiger partial charge in [0.2, 0.25) is 5.91 Å². The van der Waals surface area contributed by atoms with Crippen LogP contribution in [0.2, 0.25) is 0 Å². The van der Waals surface area contributed by atoms with Crippen LogP contribution in [0.25, 0.3) is 0 Å². The molecule has 3 heterocycles. The molecule has 0 saturated carbocycles. The van der Waals surface area contributed by atoms with Crippen LogP contribution in [0.3, 0.4) is 0 Å². The summed E-state index contributed by atoms with van der Waals surface area (Å²) in [5, 5.41) is 8.40. The van der Waals surface area contributed by atoms with Crippen molar-refractivity contribution in [2.24, 2.45) is 10.9 Å². The molecule has 7 heteroatoms.